The molecule has 0 aliphatic rings. The maximum absolute atomic E-state index is 12.0. The summed E-state index contributed by atoms with van der Waals surface area (Å²) in [5.74, 6) is 0. The minimum Gasteiger partial charge on any atom is -0.282 e. The van der Waals surface area contributed by atoms with Gasteiger partial charge >= 0.3 is 0 Å². The van der Waals surface area contributed by atoms with Crippen LogP contribution in [-0.4, -0.2) is 5.12 Å². The van der Waals surface area contributed by atoms with E-state index in [2.05, 4.69) is 31.2 Å². The fraction of sp³-hybridized carbons (Fsp3) is 0.167. The van der Waals surface area contributed by atoms with Gasteiger partial charge in [0.25, 0.3) is 0 Å². The van der Waals surface area contributed by atoms with Crippen LogP contribution in [0, 0.1) is 13.8 Å². The average Bonchev–Trinajstić information content (AvgIpc) is 2.44. The SMILES string of the molecule is C/C(=C/C(=O)Sc1ccc(C)cc1)Sc1ccc(C)cc1. The van der Waals surface area contributed by atoms with Crippen LogP contribution in [-0.2, 0) is 4.79 Å². The smallest absolute Gasteiger partial charge is 0.217 e. The maximum atomic E-state index is 12.0. The number of carbonyl (C=O) groups excluding carboxylic acids is 1. The molecule has 108 valence electrons. The molecule has 2 aromatic rings. The van der Waals surface area contributed by atoms with Crippen LogP contribution < -0.4 is 0 Å². The molecular weight excluding hydrogens is 296 g/mol. The summed E-state index contributed by atoms with van der Waals surface area (Å²) < 4.78 is 0. The van der Waals surface area contributed by atoms with Gasteiger partial charge in [-0.25, -0.2) is 0 Å². The van der Waals surface area contributed by atoms with Crippen molar-refractivity contribution in [2.45, 2.75) is 30.6 Å². The summed E-state index contributed by atoms with van der Waals surface area (Å²) in [4.78, 5) is 15.2. The Balaban J connectivity index is 1.96. The molecule has 21 heavy (non-hydrogen) atoms. The first-order chi connectivity index (χ1) is 10.0. The van der Waals surface area contributed by atoms with Crippen molar-refractivity contribution in [3.8, 4) is 0 Å². The van der Waals surface area contributed by atoms with Crippen LogP contribution in [0.3, 0.4) is 0 Å². The van der Waals surface area contributed by atoms with Crippen LogP contribution in [0.2, 0.25) is 0 Å². The monoisotopic (exact) mass is 314 g/mol. The predicted molar refractivity (Wildman–Crippen MR) is 92.8 cm³/mol. The first kappa shape index (κ1) is 15.9. The first-order valence-electron chi connectivity index (χ1n) is 6.74. The zero-order valence-corrected chi connectivity index (χ0v) is 14.1. The number of rotatable bonds is 4. The van der Waals surface area contributed by atoms with Crippen molar-refractivity contribution in [1.29, 1.82) is 0 Å². The van der Waals surface area contributed by atoms with Crippen LogP contribution in [0.4, 0.5) is 0 Å². The highest BCUT2D eigenvalue weighted by atomic mass is 32.2. The molecule has 0 fully saturated rings. The van der Waals surface area contributed by atoms with E-state index in [4.69, 9.17) is 0 Å². The van der Waals surface area contributed by atoms with Crippen molar-refractivity contribution >= 4 is 28.6 Å². The van der Waals surface area contributed by atoms with Crippen LogP contribution in [0.25, 0.3) is 0 Å². The Hall–Kier alpha value is -1.45. The average molecular weight is 314 g/mol. The zero-order chi connectivity index (χ0) is 15.2. The molecule has 0 aliphatic heterocycles. The summed E-state index contributed by atoms with van der Waals surface area (Å²) in [5, 5.41) is 0.0657. The second kappa shape index (κ2) is 7.53. The van der Waals surface area contributed by atoms with Crippen molar-refractivity contribution in [2.75, 3.05) is 0 Å². The van der Waals surface area contributed by atoms with Gasteiger partial charge in [0.2, 0.25) is 5.12 Å². The fourth-order valence-corrected chi connectivity index (χ4v) is 3.36. The standard InChI is InChI=1S/C18H18OS2/c1-13-4-8-16(9-5-13)20-15(3)12-18(19)21-17-10-6-14(2)7-11-17/h4-12H,1-3H3/b15-12-. The Morgan fingerprint density at radius 1 is 0.810 bits per heavy atom. The van der Waals surface area contributed by atoms with Crippen LogP contribution in [0.1, 0.15) is 18.1 Å². The third kappa shape index (κ3) is 5.44. The normalized spacial score (nSPS) is 11.5. The number of thioether (sulfide) groups is 2. The van der Waals surface area contributed by atoms with Crippen LogP contribution in [0.15, 0.2) is 69.3 Å². The first-order valence-corrected chi connectivity index (χ1v) is 8.37. The molecule has 2 aromatic carbocycles. The van der Waals surface area contributed by atoms with Gasteiger partial charge in [-0.2, -0.15) is 0 Å². The summed E-state index contributed by atoms with van der Waals surface area (Å²) in [5.41, 5.74) is 2.44. The lowest BCUT2D eigenvalue weighted by atomic mass is 10.2. The molecule has 0 spiro atoms. The number of carbonyl (C=O) groups is 1. The van der Waals surface area contributed by atoms with E-state index in [1.807, 2.05) is 38.1 Å². The van der Waals surface area contributed by atoms with Gasteiger partial charge in [-0.3, -0.25) is 4.79 Å². The number of hydrogen-bond donors (Lipinski definition) is 0. The third-order valence-corrected chi connectivity index (χ3v) is 4.63. The van der Waals surface area contributed by atoms with Gasteiger partial charge in [0.1, 0.15) is 0 Å². The van der Waals surface area contributed by atoms with E-state index in [1.165, 1.54) is 22.9 Å². The zero-order valence-electron chi connectivity index (χ0n) is 12.4. The highest BCUT2D eigenvalue weighted by molar-refractivity contribution is 8.14. The molecule has 0 heterocycles. The lowest BCUT2D eigenvalue weighted by Crippen LogP contribution is -1.86. The lowest BCUT2D eigenvalue weighted by Gasteiger charge is -2.02. The summed E-state index contributed by atoms with van der Waals surface area (Å²) in [6.45, 7) is 6.08. The molecule has 0 radical (unpaired) electrons. The van der Waals surface area contributed by atoms with Gasteiger partial charge in [-0.15, -0.1) is 0 Å². The van der Waals surface area contributed by atoms with Gasteiger partial charge < -0.3 is 0 Å². The van der Waals surface area contributed by atoms with Crippen LogP contribution >= 0.6 is 23.5 Å². The molecule has 0 aromatic heterocycles. The number of benzene rings is 2. The highest BCUT2D eigenvalue weighted by Gasteiger charge is 2.03. The van der Waals surface area contributed by atoms with Gasteiger partial charge in [0.15, 0.2) is 0 Å². The molecule has 0 bridgehead atoms. The third-order valence-electron chi connectivity index (χ3n) is 2.86. The summed E-state index contributed by atoms with van der Waals surface area (Å²) in [7, 11) is 0. The highest BCUT2D eigenvalue weighted by Crippen LogP contribution is 2.28. The lowest BCUT2D eigenvalue weighted by molar-refractivity contribution is -0.107. The Bertz CT molecular complexity index is 640. The summed E-state index contributed by atoms with van der Waals surface area (Å²) in [6, 6.07) is 16.3. The van der Waals surface area contributed by atoms with Crippen molar-refractivity contribution < 1.29 is 4.79 Å². The molecule has 0 N–H and O–H groups in total. The predicted octanol–water partition coefficient (Wildman–Crippen LogP) is 5.62. The van der Waals surface area contributed by atoms with Crippen molar-refractivity contribution in [3.63, 3.8) is 0 Å². The molecule has 1 nitrogen and oxygen atoms in total. The number of allylic oxidation sites excluding steroid dienone is 1. The van der Waals surface area contributed by atoms with E-state index in [0.717, 1.165) is 14.7 Å². The van der Waals surface area contributed by atoms with Gasteiger partial charge in [0, 0.05) is 15.9 Å². The van der Waals surface area contributed by atoms with E-state index in [9.17, 15) is 4.79 Å². The van der Waals surface area contributed by atoms with Crippen molar-refractivity contribution in [1.82, 2.24) is 0 Å². The molecule has 0 aliphatic carbocycles. The van der Waals surface area contributed by atoms with E-state index in [1.54, 1.807) is 17.8 Å². The second-order valence-corrected chi connectivity index (χ2v) is 7.30. The minimum absolute atomic E-state index is 0.0657. The van der Waals surface area contributed by atoms with E-state index in [0.29, 0.717) is 0 Å². The number of aryl methyl sites for hydroxylation is 2. The largest absolute Gasteiger partial charge is 0.282 e. The minimum atomic E-state index is 0.0657. The molecule has 3 heteroatoms. The summed E-state index contributed by atoms with van der Waals surface area (Å²) in [6.07, 6.45) is 1.70. The Kier molecular flexibility index (Phi) is 5.71. The molecule has 0 saturated heterocycles. The summed E-state index contributed by atoms with van der Waals surface area (Å²) >= 11 is 2.89. The molecule has 0 amide bonds. The Labute approximate surface area is 134 Å². The van der Waals surface area contributed by atoms with E-state index < -0.39 is 0 Å². The van der Waals surface area contributed by atoms with Gasteiger partial charge in [-0.05, 0) is 61.7 Å². The Morgan fingerprint density at radius 2 is 1.24 bits per heavy atom. The molecular formula is C18H18OS2. The fourth-order valence-electron chi connectivity index (χ4n) is 1.74. The van der Waals surface area contributed by atoms with Gasteiger partial charge in [-0.1, -0.05) is 47.2 Å². The molecule has 0 saturated carbocycles. The second-order valence-electron chi connectivity index (χ2n) is 4.90. The molecule has 2 rings (SSSR count). The van der Waals surface area contributed by atoms with E-state index in [-0.39, 0.29) is 5.12 Å². The van der Waals surface area contributed by atoms with Gasteiger partial charge in [0.05, 0.1) is 0 Å². The number of hydrogen-bond acceptors (Lipinski definition) is 3. The quantitative estimate of drug-likeness (QED) is 0.538. The van der Waals surface area contributed by atoms with Crippen molar-refractivity contribution in [3.05, 3.63) is 70.6 Å². The Morgan fingerprint density at radius 3 is 1.71 bits per heavy atom. The topological polar surface area (TPSA) is 17.1 Å². The maximum Gasteiger partial charge on any atom is 0.217 e. The molecule has 0 unspecified atom stereocenters. The molecule has 0 atom stereocenters. The van der Waals surface area contributed by atoms with Crippen LogP contribution in [0.5, 0.6) is 0 Å². The van der Waals surface area contributed by atoms with Crippen molar-refractivity contribution in [2.24, 2.45) is 0 Å². The van der Waals surface area contributed by atoms with E-state index >= 15 is 0 Å².